The average molecular weight is 592 g/mol. The van der Waals surface area contributed by atoms with Crippen molar-refractivity contribution in [1.82, 2.24) is 0 Å². The molecule has 1 aromatic carbocycles. The Labute approximate surface area is 233 Å². The van der Waals surface area contributed by atoms with Crippen molar-refractivity contribution in [2.45, 2.75) is 58.3 Å². The van der Waals surface area contributed by atoms with E-state index in [0.717, 1.165) is 17.5 Å². The Bertz CT molecular complexity index is 574. The number of ether oxygens (including phenoxy) is 7. The monoisotopic (exact) mass is 590 g/mol. The highest BCUT2D eigenvalue weighted by molar-refractivity contribution is 9.09. The van der Waals surface area contributed by atoms with Crippen LogP contribution in [-0.4, -0.2) is 91.2 Å². The molecule has 0 spiro atoms. The number of unbranched alkanes of at least 4 members (excludes halogenated alkanes) is 6. The van der Waals surface area contributed by atoms with Crippen LogP contribution in [0, 0.1) is 0 Å². The molecule has 0 radical (unpaired) electrons. The molecule has 0 saturated heterocycles. The summed E-state index contributed by atoms with van der Waals surface area (Å²) >= 11 is 3.31. The zero-order chi connectivity index (χ0) is 26.5. The van der Waals surface area contributed by atoms with Crippen LogP contribution in [0.15, 0.2) is 24.3 Å². The van der Waals surface area contributed by atoms with Crippen LogP contribution in [0.5, 0.6) is 5.75 Å². The third-order valence-electron chi connectivity index (χ3n) is 5.57. The molecule has 1 aromatic rings. The van der Waals surface area contributed by atoms with Gasteiger partial charge in [0.25, 0.3) is 0 Å². The minimum Gasteiger partial charge on any atom is -0.491 e. The van der Waals surface area contributed by atoms with Gasteiger partial charge in [-0.15, -0.1) is 0 Å². The second-order valence-electron chi connectivity index (χ2n) is 8.73. The molecule has 0 bridgehead atoms. The molecule has 0 saturated carbocycles. The van der Waals surface area contributed by atoms with Crippen LogP contribution in [0.25, 0.3) is 0 Å². The summed E-state index contributed by atoms with van der Waals surface area (Å²) in [7, 11) is 0. The number of alkyl halides is 1. The number of aryl methyl sites for hydroxylation is 1. The Morgan fingerprint density at radius 1 is 0.486 bits per heavy atom. The van der Waals surface area contributed by atoms with E-state index in [1.54, 1.807) is 0 Å². The quantitative estimate of drug-likeness (QED) is 0.0855. The van der Waals surface area contributed by atoms with Gasteiger partial charge < -0.3 is 33.2 Å². The smallest absolute Gasteiger partial charge is 0.119 e. The van der Waals surface area contributed by atoms with Crippen LogP contribution in [-0.2, 0) is 34.8 Å². The van der Waals surface area contributed by atoms with E-state index in [2.05, 4.69) is 47.1 Å². The lowest BCUT2D eigenvalue weighted by molar-refractivity contribution is -0.0172. The largest absolute Gasteiger partial charge is 0.491 e. The van der Waals surface area contributed by atoms with Gasteiger partial charge in [0.2, 0.25) is 0 Å². The molecule has 1 rings (SSSR count). The molecular weight excluding hydrogens is 540 g/mol. The second-order valence-corrected chi connectivity index (χ2v) is 9.52. The molecule has 0 aliphatic heterocycles. The fourth-order valence-electron chi connectivity index (χ4n) is 3.51. The summed E-state index contributed by atoms with van der Waals surface area (Å²) in [6.07, 6.45) is 10.6. The standard InChI is InChI=1S/C29H51BrO7/c1-2-3-4-5-6-7-8-9-28-10-12-29(13-11-28)37-27-26-36-25-24-35-23-22-34-21-20-33-19-18-32-17-16-31-15-14-30/h10-13H,2-9,14-27H2,1H3. The SMILES string of the molecule is CCCCCCCCCc1ccc(OCCOCCOCCOCCOCCOCCOCCBr)cc1. The van der Waals surface area contributed by atoms with Gasteiger partial charge in [0, 0.05) is 5.33 Å². The second kappa shape index (κ2) is 28.3. The van der Waals surface area contributed by atoms with Crippen molar-refractivity contribution < 1.29 is 33.2 Å². The van der Waals surface area contributed by atoms with Crippen molar-refractivity contribution in [1.29, 1.82) is 0 Å². The third kappa shape index (κ3) is 24.1. The van der Waals surface area contributed by atoms with Crippen molar-refractivity contribution in [2.24, 2.45) is 0 Å². The summed E-state index contributed by atoms with van der Waals surface area (Å²) in [6, 6.07) is 8.47. The van der Waals surface area contributed by atoms with Crippen LogP contribution in [0.4, 0.5) is 0 Å². The first-order valence-corrected chi connectivity index (χ1v) is 15.2. The maximum absolute atomic E-state index is 5.76. The Kier molecular flexibility index (Phi) is 26.2. The first-order chi connectivity index (χ1) is 18.4. The molecule has 0 fully saturated rings. The molecule has 0 aliphatic rings. The van der Waals surface area contributed by atoms with E-state index in [0.29, 0.717) is 85.9 Å². The summed E-state index contributed by atoms with van der Waals surface area (Å²) in [4.78, 5) is 0. The lowest BCUT2D eigenvalue weighted by Crippen LogP contribution is -2.14. The van der Waals surface area contributed by atoms with Crippen molar-refractivity contribution >= 4 is 15.9 Å². The van der Waals surface area contributed by atoms with Gasteiger partial charge in [-0.25, -0.2) is 0 Å². The first kappa shape index (κ1) is 34.3. The van der Waals surface area contributed by atoms with Crippen molar-refractivity contribution in [3.63, 3.8) is 0 Å². The maximum Gasteiger partial charge on any atom is 0.119 e. The fraction of sp³-hybridized carbons (Fsp3) is 0.793. The molecule has 0 amide bonds. The lowest BCUT2D eigenvalue weighted by Gasteiger charge is -2.09. The van der Waals surface area contributed by atoms with E-state index in [1.807, 2.05) is 0 Å². The first-order valence-electron chi connectivity index (χ1n) is 14.1. The van der Waals surface area contributed by atoms with Gasteiger partial charge in [-0.1, -0.05) is 73.5 Å². The molecular formula is C29H51BrO7. The van der Waals surface area contributed by atoms with E-state index in [-0.39, 0.29) is 0 Å². The van der Waals surface area contributed by atoms with Gasteiger partial charge in [-0.3, -0.25) is 0 Å². The van der Waals surface area contributed by atoms with Crippen LogP contribution in [0.1, 0.15) is 57.4 Å². The summed E-state index contributed by atoms with van der Waals surface area (Å²) in [5.41, 5.74) is 1.39. The third-order valence-corrected chi connectivity index (χ3v) is 5.89. The topological polar surface area (TPSA) is 64.6 Å². The molecule has 0 aromatic heterocycles. The van der Waals surface area contributed by atoms with Crippen LogP contribution in [0.2, 0.25) is 0 Å². The van der Waals surface area contributed by atoms with Crippen molar-refractivity contribution in [3.05, 3.63) is 29.8 Å². The highest BCUT2D eigenvalue weighted by Crippen LogP contribution is 2.15. The molecule has 0 heterocycles. The molecule has 0 N–H and O–H groups in total. The minimum atomic E-state index is 0.538. The summed E-state index contributed by atoms with van der Waals surface area (Å²) < 4.78 is 38.4. The Morgan fingerprint density at radius 3 is 1.35 bits per heavy atom. The highest BCUT2D eigenvalue weighted by Gasteiger charge is 1.98. The maximum atomic E-state index is 5.76. The van der Waals surface area contributed by atoms with Crippen molar-refractivity contribution in [3.8, 4) is 5.75 Å². The number of hydrogen-bond donors (Lipinski definition) is 0. The molecule has 0 unspecified atom stereocenters. The lowest BCUT2D eigenvalue weighted by atomic mass is 10.0. The normalized spacial score (nSPS) is 11.3. The number of hydrogen-bond acceptors (Lipinski definition) is 7. The van der Waals surface area contributed by atoms with Gasteiger partial charge >= 0.3 is 0 Å². The average Bonchev–Trinajstić information content (AvgIpc) is 2.92. The van der Waals surface area contributed by atoms with Gasteiger partial charge in [0.1, 0.15) is 12.4 Å². The fourth-order valence-corrected chi connectivity index (χ4v) is 3.74. The van der Waals surface area contributed by atoms with Crippen LogP contribution in [0.3, 0.4) is 0 Å². The van der Waals surface area contributed by atoms with Gasteiger partial charge in [-0.05, 0) is 30.5 Å². The van der Waals surface area contributed by atoms with E-state index in [9.17, 15) is 0 Å². The van der Waals surface area contributed by atoms with Gasteiger partial charge in [0.05, 0.1) is 79.3 Å². The van der Waals surface area contributed by atoms with Gasteiger partial charge in [-0.2, -0.15) is 0 Å². The van der Waals surface area contributed by atoms with Crippen molar-refractivity contribution in [2.75, 3.05) is 91.2 Å². The zero-order valence-electron chi connectivity index (χ0n) is 23.1. The zero-order valence-corrected chi connectivity index (χ0v) is 24.7. The molecule has 216 valence electrons. The predicted octanol–water partition coefficient (Wildman–Crippen LogP) is 5.85. The van der Waals surface area contributed by atoms with E-state index in [1.165, 1.54) is 50.5 Å². The van der Waals surface area contributed by atoms with Gasteiger partial charge in [0.15, 0.2) is 0 Å². The summed E-state index contributed by atoms with van der Waals surface area (Å²) in [5, 5.41) is 0.847. The van der Waals surface area contributed by atoms with E-state index in [4.69, 9.17) is 33.2 Å². The summed E-state index contributed by atoms with van der Waals surface area (Å²) in [5.74, 6) is 0.896. The number of halogens is 1. The Morgan fingerprint density at radius 2 is 0.892 bits per heavy atom. The molecule has 0 aliphatic carbocycles. The van der Waals surface area contributed by atoms with Crippen LogP contribution < -0.4 is 4.74 Å². The Balaban J connectivity index is 1.79. The van der Waals surface area contributed by atoms with E-state index < -0.39 is 0 Å². The molecule has 7 nitrogen and oxygen atoms in total. The summed E-state index contributed by atoms with van der Waals surface area (Å²) in [6.45, 7) is 9.66. The highest BCUT2D eigenvalue weighted by atomic mass is 79.9. The Hall–Kier alpha value is -0.740. The van der Waals surface area contributed by atoms with E-state index >= 15 is 0 Å². The molecule has 0 atom stereocenters. The minimum absolute atomic E-state index is 0.538. The number of rotatable bonds is 29. The predicted molar refractivity (Wildman–Crippen MR) is 152 cm³/mol. The number of benzene rings is 1. The molecule has 8 heteroatoms. The van der Waals surface area contributed by atoms with Crippen LogP contribution >= 0.6 is 15.9 Å². The molecule has 37 heavy (non-hydrogen) atoms.